The highest BCUT2D eigenvalue weighted by atomic mass is 16.6. The summed E-state index contributed by atoms with van der Waals surface area (Å²) in [6.07, 6.45) is 0. The number of nitro groups is 1. The van der Waals surface area contributed by atoms with E-state index in [4.69, 9.17) is 0 Å². The Kier molecular flexibility index (Phi) is 2.68. The lowest BCUT2D eigenvalue weighted by atomic mass is 10.2. The number of benzene rings is 1. The maximum Gasteiger partial charge on any atom is 0.321 e. The number of fused-ring (bicyclic) bond motifs is 1. The lowest BCUT2D eigenvalue weighted by molar-refractivity contribution is -0.389. The maximum atomic E-state index is 12.0. The average molecular weight is 271 g/mol. The van der Waals surface area contributed by atoms with E-state index >= 15 is 0 Å². The molecule has 2 aromatic heterocycles. The van der Waals surface area contributed by atoms with E-state index in [-0.39, 0.29) is 11.5 Å². The van der Waals surface area contributed by atoms with Gasteiger partial charge in [0.2, 0.25) is 0 Å². The van der Waals surface area contributed by atoms with Crippen molar-refractivity contribution in [3.63, 3.8) is 0 Å². The number of H-pyrrole nitrogens is 2. The van der Waals surface area contributed by atoms with Crippen molar-refractivity contribution < 1.29 is 9.72 Å². The van der Waals surface area contributed by atoms with Crippen molar-refractivity contribution in [3.05, 3.63) is 52.2 Å². The Morgan fingerprint density at radius 2 is 2.05 bits per heavy atom. The van der Waals surface area contributed by atoms with Gasteiger partial charge < -0.3 is 15.4 Å². The summed E-state index contributed by atoms with van der Waals surface area (Å²) in [5, 5.41) is 20.7. The molecule has 0 saturated carbocycles. The predicted octanol–water partition coefficient (Wildman–Crippen LogP) is 2.05. The quantitative estimate of drug-likeness (QED) is 0.499. The van der Waals surface area contributed by atoms with Crippen molar-refractivity contribution >= 4 is 28.4 Å². The van der Waals surface area contributed by atoms with Crippen LogP contribution in [0.5, 0.6) is 0 Å². The summed E-state index contributed by atoms with van der Waals surface area (Å²) in [6.45, 7) is 0. The van der Waals surface area contributed by atoms with Crippen molar-refractivity contribution in [1.29, 1.82) is 0 Å². The highest BCUT2D eigenvalue weighted by Gasteiger charge is 2.17. The molecule has 3 rings (SSSR count). The molecule has 8 heteroatoms. The Balaban J connectivity index is 1.86. The Bertz CT molecular complexity index is 804. The zero-order chi connectivity index (χ0) is 14.1. The number of nitrogens with one attached hydrogen (secondary N) is 3. The van der Waals surface area contributed by atoms with E-state index in [2.05, 4.69) is 20.5 Å². The van der Waals surface area contributed by atoms with Crippen LogP contribution in [0.2, 0.25) is 0 Å². The van der Waals surface area contributed by atoms with Crippen molar-refractivity contribution in [2.75, 3.05) is 5.32 Å². The second-order valence-corrected chi connectivity index (χ2v) is 4.09. The fourth-order valence-electron chi connectivity index (χ4n) is 1.86. The number of hydrogen-bond acceptors (Lipinski definition) is 4. The minimum atomic E-state index is -0.597. The molecule has 0 fully saturated rings. The van der Waals surface area contributed by atoms with Crippen LogP contribution in [-0.2, 0) is 0 Å². The van der Waals surface area contributed by atoms with Crippen LogP contribution in [0.4, 0.5) is 11.6 Å². The number of aromatic amines is 2. The molecule has 1 aromatic carbocycles. The van der Waals surface area contributed by atoms with E-state index in [1.165, 1.54) is 12.1 Å². The van der Waals surface area contributed by atoms with Gasteiger partial charge in [-0.2, -0.15) is 5.10 Å². The van der Waals surface area contributed by atoms with Gasteiger partial charge in [0.05, 0.1) is 5.52 Å². The zero-order valence-corrected chi connectivity index (χ0v) is 10.1. The van der Waals surface area contributed by atoms with Gasteiger partial charge in [-0.1, -0.05) is 12.1 Å². The molecule has 0 atom stereocenters. The fraction of sp³-hybridized carbons (Fsp3) is 0. The molecule has 0 radical (unpaired) electrons. The molecule has 3 aromatic rings. The molecule has 2 heterocycles. The molecule has 100 valence electrons. The van der Waals surface area contributed by atoms with Gasteiger partial charge in [0.25, 0.3) is 5.91 Å². The number of hydrogen-bond donors (Lipinski definition) is 3. The number of carbonyl (C=O) groups is 1. The maximum absolute atomic E-state index is 12.0. The highest BCUT2D eigenvalue weighted by molar-refractivity contribution is 6.07. The summed E-state index contributed by atoms with van der Waals surface area (Å²) in [5.74, 6) is -0.347. The largest absolute Gasteiger partial charge is 0.358 e. The first-order valence-electron chi connectivity index (χ1n) is 5.73. The molecular weight excluding hydrogens is 262 g/mol. The van der Waals surface area contributed by atoms with Gasteiger partial charge in [-0.15, -0.1) is 0 Å². The van der Waals surface area contributed by atoms with Gasteiger partial charge in [0, 0.05) is 11.5 Å². The van der Waals surface area contributed by atoms with Gasteiger partial charge in [0.15, 0.2) is 11.5 Å². The van der Waals surface area contributed by atoms with Crippen LogP contribution in [0.3, 0.4) is 0 Å². The van der Waals surface area contributed by atoms with Crippen LogP contribution in [0, 0.1) is 10.1 Å². The minimum Gasteiger partial charge on any atom is -0.358 e. The summed E-state index contributed by atoms with van der Waals surface area (Å²) >= 11 is 0. The lowest BCUT2D eigenvalue weighted by Crippen LogP contribution is -2.12. The second kappa shape index (κ2) is 4.50. The van der Waals surface area contributed by atoms with Gasteiger partial charge in [-0.05, 0) is 23.1 Å². The number of anilines is 1. The first kappa shape index (κ1) is 11.9. The molecule has 0 saturated heterocycles. The molecule has 0 unspecified atom stereocenters. The Hall–Kier alpha value is -3.16. The summed E-state index contributed by atoms with van der Waals surface area (Å²) in [4.78, 5) is 24.4. The van der Waals surface area contributed by atoms with Crippen molar-refractivity contribution in [1.82, 2.24) is 15.2 Å². The number of rotatable bonds is 3. The average Bonchev–Trinajstić information content (AvgIpc) is 3.06. The number of amides is 1. The normalized spacial score (nSPS) is 10.6. The third kappa shape index (κ3) is 1.99. The van der Waals surface area contributed by atoms with Crippen molar-refractivity contribution in [2.24, 2.45) is 0 Å². The lowest BCUT2D eigenvalue weighted by Gasteiger charge is -1.98. The smallest absolute Gasteiger partial charge is 0.321 e. The van der Waals surface area contributed by atoms with Gasteiger partial charge in [-0.25, -0.2) is 4.98 Å². The Morgan fingerprint density at radius 3 is 2.80 bits per heavy atom. The highest BCUT2D eigenvalue weighted by Crippen LogP contribution is 2.20. The summed E-state index contributed by atoms with van der Waals surface area (Å²) in [7, 11) is 0. The molecule has 20 heavy (non-hydrogen) atoms. The molecule has 0 aliphatic heterocycles. The van der Waals surface area contributed by atoms with Crippen LogP contribution < -0.4 is 5.32 Å². The Morgan fingerprint density at radius 1 is 1.25 bits per heavy atom. The van der Waals surface area contributed by atoms with Crippen LogP contribution in [0.25, 0.3) is 10.9 Å². The van der Waals surface area contributed by atoms with Gasteiger partial charge in [0.1, 0.15) is 0 Å². The zero-order valence-electron chi connectivity index (χ0n) is 10.1. The summed E-state index contributed by atoms with van der Waals surface area (Å²) in [5.41, 5.74) is 0.893. The number of carbonyl (C=O) groups excluding carboxylic acids is 1. The van der Waals surface area contributed by atoms with Gasteiger partial charge in [-0.3, -0.25) is 9.89 Å². The molecule has 8 nitrogen and oxygen atoms in total. The third-order valence-electron chi connectivity index (χ3n) is 2.81. The second-order valence-electron chi connectivity index (χ2n) is 4.09. The molecular formula is C12H9N5O3. The number of para-hydroxylation sites is 1. The SMILES string of the molecule is O=C(Nc1n[nH]c2ccccc12)c1ccc([N+](=O)[O-])[nH]1. The van der Waals surface area contributed by atoms with Crippen LogP contribution in [0.1, 0.15) is 10.5 Å². The number of nitrogens with zero attached hydrogens (tertiary/aromatic N) is 2. The molecule has 0 aliphatic carbocycles. The molecule has 0 bridgehead atoms. The van der Waals surface area contributed by atoms with E-state index in [0.29, 0.717) is 5.82 Å². The molecule has 0 spiro atoms. The minimum absolute atomic E-state index is 0.101. The van der Waals surface area contributed by atoms with Crippen LogP contribution >= 0.6 is 0 Å². The van der Waals surface area contributed by atoms with Crippen LogP contribution in [0.15, 0.2) is 36.4 Å². The van der Waals surface area contributed by atoms with E-state index in [1.807, 2.05) is 24.3 Å². The monoisotopic (exact) mass is 271 g/mol. The summed E-state index contributed by atoms with van der Waals surface area (Å²) in [6, 6.07) is 9.90. The first-order chi connectivity index (χ1) is 9.65. The predicted molar refractivity (Wildman–Crippen MR) is 71.5 cm³/mol. The van der Waals surface area contributed by atoms with E-state index < -0.39 is 10.8 Å². The van der Waals surface area contributed by atoms with E-state index in [1.54, 1.807) is 0 Å². The first-order valence-corrected chi connectivity index (χ1v) is 5.73. The standard InChI is InChI=1S/C12H9N5O3/c18-12(9-5-6-10(13-9)17(19)20)14-11-7-3-1-2-4-8(7)15-16-11/h1-6,13H,(H2,14,15,16,18). The Labute approximate surface area is 112 Å². The molecule has 1 amide bonds. The van der Waals surface area contributed by atoms with Crippen molar-refractivity contribution in [2.45, 2.75) is 0 Å². The van der Waals surface area contributed by atoms with E-state index in [0.717, 1.165) is 10.9 Å². The van der Waals surface area contributed by atoms with Gasteiger partial charge >= 0.3 is 5.82 Å². The molecule has 0 aliphatic rings. The number of aromatic nitrogens is 3. The van der Waals surface area contributed by atoms with E-state index in [9.17, 15) is 14.9 Å². The fourth-order valence-corrected chi connectivity index (χ4v) is 1.86. The van der Waals surface area contributed by atoms with Crippen molar-refractivity contribution in [3.8, 4) is 0 Å². The summed E-state index contributed by atoms with van der Waals surface area (Å²) < 4.78 is 0. The van der Waals surface area contributed by atoms with Crippen LogP contribution in [-0.4, -0.2) is 26.0 Å². The topological polar surface area (TPSA) is 117 Å². The molecule has 3 N–H and O–H groups in total. The third-order valence-corrected chi connectivity index (χ3v) is 2.81.